The van der Waals surface area contributed by atoms with Gasteiger partial charge in [-0.1, -0.05) is 29.2 Å². The van der Waals surface area contributed by atoms with E-state index in [9.17, 15) is 4.79 Å². The largest absolute Gasteiger partial charge is 0.376 e. The lowest BCUT2D eigenvalue weighted by Gasteiger charge is -2.08. The van der Waals surface area contributed by atoms with Crippen LogP contribution < -0.4 is 10.6 Å². The molecule has 0 radical (unpaired) electrons. The monoisotopic (exact) mass is 378 g/mol. The lowest BCUT2D eigenvalue weighted by Crippen LogP contribution is -2.18. The minimum atomic E-state index is -0.0425. The Bertz CT molecular complexity index is 709. The highest BCUT2D eigenvalue weighted by Crippen LogP contribution is 2.26. The van der Waals surface area contributed by atoms with Crippen molar-refractivity contribution in [1.82, 2.24) is 10.2 Å². The van der Waals surface area contributed by atoms with Gasteiger partial charge in [-0.25, -0.2) is 0 Å². The Balaban J connectivity index is 1.44. The van der Waals surface area contributed by atoms with E-state index in [2.05, 4.69) is 26.9 Å². The summed E-state index contributed by atoms with van der Waals surface area (Å²) in [5, 5.41) is 15.2. The molecule has 0 bridgehead atoms. The van der Waals surface area contributed by atoms with E-state index in [1.54, 1.807) is 0 Å². The molecule has 134 valence electrons. The van der Waals surface area contributed by atoms with E-state index in [0.717, 1.165) is 52.3 Å². The minimum absolute atomic E-state index is 0.0425. The molecular formula is C17H22N4O2S2. The zero-order valence-electron chi connectivity index (χ0n) is 14.4. The molecule has 1 fully saturated rings. The van der Waals surface area contributed by atoms with Gasteiger partial charge in [0.1, 0.15) is 0 Å². The highest BCUT2D eigenvalue weighted by atomic mass is 32.2. The molecule has 0 aliphatic carbocycles. The maximum absolute atomic E-state index is 12.1. The van der Waals surface area contributed by atoms with Crippen LogP contribution in [0.1, 0.15) is 24.0 Å². The second kappa shape index (κ2) is 8.64. The van der Waals surface area contributed by atoms with Crippen molar-refractivity contribution in [1.29, 1.82) is 0 Å². The molecule has 0 saturated carbocycles. The molecule has 1 amide bonds. The van der Waals surface area contributed by atoms with Crippen LogP contribution in [-0.2, 0) is 9.53 Å². The number of rotatable bonds is 7. The van der Waals surface area contributed by atoms with Crippen molar-refractivity contribution in [2.75, 3.05) is 29.5 Å². The number of anilines is 2. The Kier molecular flexibility index (Phi) is 6.28. The standard InChI is InChI=1S/C17H22N4O2S2/c1-11-6-12(2)8-13(7-11)19-15(22)10-24-17-21-20-16(25-17)18-9-14-4-3-5-23-14/h6-8,14H,3-5,9-10H2,1-2H3,(H,18,20)(H,19,22)/t14-/m1/s1. The molecule has 2 N–H and O–H groups in total. The van der Waals surface area contributed by atoms with E-state index in [1.807, 2.05) is 26.0 Å². The number of benzene rings is 1. The van der Waals surface area contributed by atoms with E-state index in [-0.39, 0.29) is 12.0 Å². The third kappa shape index (κ3) is 5.69. The first-order valence-corrected chi connectivity index (χ1v) is 10.1. The number of aromatic nitrogens is 2. The van der Waals surface area contributed by atoms with Crippen molar-refractivity contribution < 1.29 is 9.53 Å². The molecule has 2 heterocycles. The summed E-state index contributed by atoms with van der Waals surface area (Å²) in [7, 11) is 0. The van der Waals surface area contributed by atoms with Crippen molar-refractivity contribution in [3.05, 3.63) is 29.3 Å². The van der Waals surface area contributed by atoms with Gasteiger partial charge < -0.3 is 15.4 Å². The third-order valence-electron chi connectivity index (χ3n) is 3.74. The second-order valence-electron chi connectivity index (χ2n) is 6.10. The molecule has 1 atom stereocenters. The van der Waals surface area contributed by atoms with Crippen LogP contribution in [0.15, 0.2) is 22.5 Å². The van der Waals surface area contributed by atoms with Gasteiger partial charge in [-0.2, -0.15) is 0 Å². The van der Waals surface area contributed by atoms with Crippen LogP contribution in [0, 0.1) is 13.8 Å². The molecule has 8 heteroatoms. The smallest absolute Gasteiger partial charge is 0.234 e. The van der Waals surface area contributed by atoms with Crippen LogP contribution in [-0.4, -0.2) is 41.1 Å². The summed E-state index contributed by atoms with van der Waals surface area (Å²) in [5.74, 6) is 0.270. The third-order valence-corrected chi connectivity index (χ3v) is 5.76. The van der Waals surface area contributed by atoms with Gasteiger partial charge in [-0.05, 0) is 49.9 Å². The average molecular weight is 379 g/mol. The summed E-state index contributed by atoms with van der Waals surface area (Å²) in [4.78, 5) is 12.1. The maximum atomic E-state index is 12.1. The molecule has 0 unspecified atom stereocenters. The maximum Gasteiger partial charge on any atom is 0.234 e. The van der Waals surface area contributed by atoms with Gasteiger partial charge in [0.15, 0.2) is 4.34 Å². The first-order valence-electron chi connectivity index (χ1n) is 8.28. The number of nitrogens with zero attached hydrogens (tertiary/aromatic N) is 2. The first kappa shape index (κ1) is 18.2. The fraction of sp³-hybridized carbons (Fsp3) is 0.471. The molecule has 25 heavy (non-hydrogen) atoms. The molecule has 1 aromatic carbocycles. The van der Waals surface area contributed by atoms with Gasteiger partial charge in [0, 0.05) is 18.8 Å². The lowest BCUT2D eigenvalue weighted by atomic mass is 10.1. The molecular weight excluding hydrogens is 356 g/mol. The van der Waals surface area contributed by atoms with E-state index >= 15 is 0 Å². The van der Waals surface area contributed by atoms with Crippen LogP contribution in [0.2, 0.25) is 0 Å². The van der Waals surface area contributed by atoms with Gasteiger partial charge in [0.25, 0.3) is 0 Å². The predicted octanol–water partition coefficient (Wildman–Crippen LogP) is 3.48. The zero-order chi connectivity index (χ0) is 17.6. The van der Waals surface area contributed by atoms with Crippen molar-refractivity contribution >= 4 is 39.8 Å². The quantitative estimate of drug-likeness (QED) is 0.719. The van der Waals surface area contributed by atoms with Crippen LogP contribution in [0.25, 0.3) is 0 Å². The molecule has 1 aromatic heterocycles. The molecule has 0 spiro atoms. The molecule has 3 rings (SSSR count). The van der Waals surface area contributed by atoms with Crippen molar-refractivity contribution in [2.24, 2.45) is 0 Å². The number of hydrogen-bond donors (Lipinski definition) is 2. The number of aryl methyl sites for hydroxylation is 2. The topological polar surface area (TPSA) is 76.1 Å². The number of ether oxygens (including phenoxy) is 1. The second-order valence-corrected chi connectivity index (χ2v) is 8.30. The molecule has 1 saturated heterocycles. The minimum Gasteiger partial charge on any atom is -0.376 e. The number of hydrogen-bond acceptors (Lipinski definition) is 7. The molecule has 1 aliphatic heterocycles. The Morgan fingerprint density at radius 3 is 2.84 bits per heavy atom. The number of thioether (sulfide) groups is 1. The fourth-order valence-electron chi connectivity index (χ4n) is 2.72. The summed E-state index contributed by atoms with van der Waals surface area (Å²) in [6.45, 7) is 5.64. The van der Waals surface area contributed by atoms with Gasteiger partial charge in [0.05, 0.1) is 11.9 Å². The SMILES string of the molecule is Cc1cc(C)cc(NC(=O)CSc2nnc(NC[C@H]3CCCO3)s2)c1. The van der Waals surface area contributed by atoms with Crippen LogP contribution >= 0.6 is 23.1 Å². The van der Waals surface area contributed by atoms with E-state index in [1.165, 1.54) is 23.1 Å². The summed E-state index contributed by atoms with van der Waals surface area (Å²) in [5.41, 5.74) is 3.10. The predicted molar refractivity (Wildman–Crippen MR) is 103 cm³/mol. The summed E-state index contributed by atoms with van der Waals surface area (Å²) >= 11 is 2.86. The Hall–Kier alpha value is -1.64. The number of carbonyl (C=O) groups is 1. The van der Waals surface area contributed by atoms with Crippen LogP contribution in [0.5, 0.6) is 0 Å². The summed E-state index contributed by atoms with van der Waals surface area (Å²) in [6.07, 6.45) is 2.48. The van der Waals surface area contributed by atoms with Crippen molar-refractivity contribution in [3.8, 4) is 0 Å². The lowest BCUT2D eigenvalue weighted by molar-refractivity contribution is -0.113. The van der Waals surface area contributed by atoms with Crippen LogP contribution in [0.3, 0.4) is 0 Å². The van der Waals surface area contributed by atoms with Gasteiger partial charge >= 0.3 is 0 Å². The Morgan fingerprint density at radius 1 is 1.32 bits per heavy atom. The van der Waals surface area contributed by atoms with E-state index < -0.39 is 0 Å². The Labute approximate surface area is 155 Å². The fourth-order valence-corrected chi connectivity index (χ4v) is 4.28. The highest BCUT2D eigenvalue weighted by Gasteiger charge is 2.16. The van der Waals surface area contributed by atoms with Gasteiger partial charge in [-0.3, -0.25) is 4.79 Å². The number of nitrogens with one attached hydrogen (secondary N) is 2. The molecule has 1 aliphatic rings. The van der Waals surface area contributed by atoms with E-state index in [0.29, 0.717) is 5.75 Å². The molecule has 6 nitrogen and oxygen atoms in total. The summed E-state index contributed by atoms with van der Waals surface area (Å²) in [6, 6.07) is 6.01. The normalized spacial score (nSPS) is 16.8. The zero-order valence-corrected chi connectivity index (χ0v) is 16.0. The van der Waals surface area contributed by atoms with E-state index in [4.69, 9.17) is 4.74 Å². The first-order chi connectivity index (χ1) is 12.1. The molecule has 2 aromatic rings. The summed E-state index contributed by atoms with van der Waals surface area (Å²) < 4.78 is 6.35. The van der Waals surface area contributed by atoms with Crippen molar-refractivity contribution in [2.45, 2.75) is 37.1 Å². The van der Waals surface area contributed by atoms with Gasteiger partial charge in [0.2, 0.25) is 11.0 Å². The number of amides is 1. The van der Waals surface area contributed by atoms with Gasteiger partial charge in [-0.15, -0.1) is 10.2 Å². The highest BCUT2D eigenvalue weighted by molar-refractivity contribution is 8.01. The number of carbonyl (C=O) groups excluding carboxylic acids is 1. The van der Waals surface area contributed by atoms with Crippen molar-refractivity contribution in [3.63, 3.8) is 0 Å². The van der Waals surface area contributed by atoms with Crippen LogP contribution in [0.4, 0.5) is 10.8 Å². The Morgan fingerprint density at radius 2 is 2.12 bits per heavy atom. The average Bonchev–Trinajstić information content (AvgIpc) is 3.21.